The summed E-state index contributed by atoms with van der Waals surface area (Å²) in [5.41, 5.74) is 7.71. The Kier molecular flexibility index (Phi) is 17.3. The van der Waals surface area contributed by atoms with E-state index < -0.39 is 30.2 Å². The van der Waals surface area contributed by atoms with Crippen molar-refractivity contribution in [2.24, 2.45) is 0 Å². The lowest BCUT2D eigenvalue weighted by Crippen LogP contribution is -2.56. The molecule has 0 unspecified atom stereocenters. The van der Waals surface area contributed by atoms with Crippen LogP contribution in [0.25, 0.3) is 0 Å². The molecule has 6 N–H and O–H groups in total. The van der Waals surface area contributed by atoms with Gasteiger partial charge in [-0.15, -0.1) is 11.8 Å². The average Bonchev–Trinajstić information content (AvgIpc) is 4.00. The summed E-state index contributed by atoms with van der Waals surface area (Å²) in [5, 5.41) is 15.6. The fourth-order valence-corrected chi connectivity index (χ4v) is 9.53. The molecule has 2 aromatic carbocycles. The molecule has 2 aliphatic carbocycles. The largest absolute Gasteiger partial charge is 0.347 e. The third kappa shape index (κ3) is 11.6. The maximum atomic E-state index is 14.4. The van der Waals surface area contributed by atoms with Crippen molar-refractivity contribution in [3.63, 3.8) is 0 Å². The molecule has 4 aliphatic rings. The van der Waals surface area contributed by atoms with Crippen molar-refractivity contribution < 1.29 is 28.8 Å². The van der Waals surface area contributed by atoms with Gasteiger partial charge in [0.1, 0.15) is 24.2 Å². The van der Waals surface area contributed by atoms with Crippen molar-refractivity contribution in [3.8, 4) is 11.8 Å². The first kappa shape index (κ1) is 46.7. The van der Waals surface area contributed by atoms with Crippen LogP contribution >= 0.6 is 0 Å². The van der Waals surface area contributed by atoms with E-state index in [0.717, 1.165) is 56.1 Å². The Labute approximate surface area is 367 Å². The molecule has 6 rings (SSSR count). The first-order valence-electron chi connectivity index (χ1n) is 23.0. The molecule has 2 heterocycles. The van der Waals surface area contributed by atoms with Crippen molar-refractivity contribution in [3.05, 3.63) is 70.8 Å². The van der Waals surface area contributed by atoms with Crippen molar-refractivity contribution in [1.82, 2.24) is 41.9 Å². The number of nitrogens with one attached hydrogen (secondary N) is 6. The summed E-state index contributed by atoms with van der Waals surface area (Å²) >= 11 is 0. The lowest BCUT2D eigenvalue weighted by atomic mass is 9.87. The van der Waals surface area contributed by atoms with E-state index in [-0.39, 0.29) is 60.5 Å². The second-order valence-electron chi connectivity index (χ2n) is 17.1. The third-order valence-electron chi connectivity index (χ3n) is 13.2. The third-order valence-corrected chi connectivity index (χ3v) is 13.2. The molecule has 336 valence electrons. The topological polar surface area (TPSA) is 173 Å². The van der Waals surface area contributed by atoms with E-state index in [2.05, 4.69) is 68.2 Å². The Balaban J connectivity index is 1.15. The maximum absolute atomic E-state index is 14.4. The number of carbonyl (C=O) groups excluding carboxylic acids is 5. The van der Waals surface area contributed by atoms with Crippen molar-refractivity contribution in [2.75, 3.05) is 33.8 Å². The van der Waals surface area contributed by atoms with Crippen LogP contribution < -0.4 is 32.1 Å². The van der Waals surface area contributed by atoms with E-state index in [9.17, 15) is 24.0 Å². The molecule has 62 heavy (non-hydrogen) atoms. The second-order valence-corrected chi connectivity index (χ2v) is 17.1. The van der Waals surface area contributed by atoms with Crippen LogP contribution in [0.15, 0.2) is 48.5 Å². The molecule has 0 aromatic heterocycles. The van der Waals surface area contributed by atoms with Crippen LogP contribution in [0, 0.1) is 11.8 Å². The molecule has 2 fully saturated rings. The van der Waals surface area contributed by atoms with E-state index in [1.54, 1.807) is 16.8 Å². The monoisotopic (exact) mass is 853 g/mol. The summed E-state index contributed by atoms with van der Waals surface area (Å²) in [7, 11) is 3.55. The number of hydrogen-bond acceptors (Lipinski definition) is 9. The van der Waals surface area contributed by atoms with E-state index >= 15 is 0 Å². The van der Waals surface area contributed by atoms with Gasteiger partial charge in [-0.2, -0.15) is 5.48 Å². The summed E-state index contributed by atoms with van der Waals surface area (Å²) < 4.78 is 0. The molecule has 2 aromatic rings. The lowest BCUT2D eigenvalue weighted by molar-refractivity contribution is -0.143. The van der Waals surface area contributed by atoms with Crippen molar-refractivity contribution in [1.29, 1.82) is 0 Å². The minimum absolute atomic E-state index is 0.0252. The number of carbonyl (C=O) groups is 5. The number of likely N-dealkylation sites (N-methyl/N-ethyl adjacent to an activating group) is 2. The summed E-state index contributed by atoms with van der Waals surface area (Å²) in [6.07, 6.45) is 9.38. The van der Waals surface area contributed by atoms with Crippen LogP contribution in [0.4, 0.5) is 0 Å². The fraction of sp³-hybridized carbons (Fsp3) is 0.604. The molecule has 8 atom stereocenters. The highest BCUT2D eigenvalue weighted by atomic mass is 16.6. The molecule has 5 amide bonds. The van der Waals surface area contributed by atoms with Gasteiger partial charge in [-0.05, 0) is 113 Å². The Bertz CT molecular complexity index is 1920. The maximum Gasteiger partial charge on any atom is 0.246 e. The number of amides is 5. The van der Waals surface area contributed by atoms with Crippen molar-refractivity contribution in [2.45, 2.75) is 152 Å². The zero-order chi connectivity index (χ0) is 44.0. The van der Waals surface area contributed by atoms with Gasteiger partial charge in [0.2, 0.25) is 29.5 Å². The SMILES string of the molecule is CC[C@@H](CON[C@@H](CC#CC[C@H](NC(=O)[C@H](CC)NC)C(=O)N1CCC[C@H]1C(=O)N[C@@H]1CCCc2ccccc21)C(=O)N1CCC[C@H]1C(=O)N[C@@H]1CCCc2ccccc21)NC. The first-order chi connectivity index (χ1) is 30.2. The summed E-state index contributed by atoms with van der Waals surface area (Å²) in [4.78, 5) is 78.9. The van der Waals surface area contributed by atoms with E-state index in [1.807, 2.05) is 45.2 Å². The molecule has 0 radical (unpaired) electrons. The van der Waals surface area contributed by atoms with E-state index in [0.29, 0.717) is 51.8 Å². The number of rotatable bonds is 18. The normalized spacial score (nSPS) is 22.5. The van der Waals surface area contributed by atoms with Crippen LogP contribution in [0.5, 0.6) is 0 Å². The molecule has 2 aliphatic heterocycles. The van der Waals surface area contributed by atoms with Crippen LogP contribution in [-0.4, -0.2) is 109 Å². The molecule has 0 bridgehead atoms. The van der Waals surface area contributed by atoms with Crippen LogP contribution in [0.3, 0.4) is 0 Å². The van der Waals surface area contributed by atoms with Gasteiger partial charge in [0.25, 0.3) is 0 Å². The van der Waals surface area contributed by atoms with Crippen molar-refractivity contribution >= 4 is 29.5 Å². The van der Waals surface area contributed by atoms with Gasteiger partial charge >= 0.3 is 0 Å². The molecule has 0 saturated carbocycles. The molecule has 2 saturated heterocycles. The van der Waals surface area contributed by atoms with Crippen LogP contribution in [0.2, 0.25) is 0 Å². The molecular formula is C48H68N8O6. The Morgan fingerprint density at radius 3 is 1.68 bits per heavy atom. The molecule has 14 nitrogen and oxygen atoms in total. The van der Waals surface area contributed by atoms with E-state index in [4.69, 9.17) is 4.84 Å². The zero-order valence-electron chi connectivity index (χ0n) is 37.1. The molecule has 0 spiro atoms. The quantitative estimate of drug-likeness (QED) is 0.0970. The standard InChI is InChI=1S/C48H68N8O6/c1-5-34(49-3)31-62-54-41(48(61)56-30-16-28-43(56)46(59)52-39-26-14-20-33-18-8-10-22-36(33)39)24-12-11-23-40(53-44(57)37(6-2)50-4)47(60)55-29-15-27-42(55)45(58)51-38-25-13-19-32-17-7-9-21-35(32)38/h7-10,17-18,21-22,34,37-43,49-50,54H,5-6,13-16,19-20,23-31H2,1-4H3,(H,51,58)(H,52,59)(H,53,57)/t34-,37-,38+,39+,40-,41-,42-,43-/m0/s1. The van der Waals surface area contributed by atoms with Crippen LogP contribution in [0.1, 0.15) is 125 Å². The second kappa shape index (κ2) is 23.0. The fourth-order valence-electron chi connectivity index (χ4n) is 9.53. The van der Waals surface area contributed by atoms with E-state index in [1.165, 1.54) is 11.1 Å². The smallest absolute Gasteiger partial charge is 0.246 e. The number of nitrogens with zero attached hydrogens (tertiary/aromatic N) is 2. The minimum atomic E-state index is -1.02. The van der Waals surface area contributed by atoms with Gasteiger partial charge in [-0.1, -0.05) is 62.4 Å². The Morgan fingerprint density at radius 2 is 1.18 bits per heavy atom. The Morgan fingerprint density at radius 1 is 0.661 bits per heavy atom. The van der Waals surface area contributed by atoms with Gasteiger partial charge < -0.3 is 36.4 Å². The number of aryl methyl sites for hydroxylation is 2. The molecule has 14 heteroatoms. The minimum Gasteiger partial charge on any atom is -0.347 e. The van der Waals surface area contributed by atoms with Gasteiger partial charge in [0.05, 0.1) is 24.7 Å². The van der Waals surface area contributed by atoms with Gasteiger partial charge in [0, 0.05) is 32.0 Å². The van der Waals surface area contributed by atoms with Gasteiger partial charge in [-0.25, -0.2) is 0 Å². The predicted molar refractivity (Wildman–Crippen MR) is 238 cm³/mol. The van der Waals surface area contributed by atoms with Gasteiger partial charge in [0.15, 0.2) is 0 Å². The lowest BCUT2D eigenvalue weighted by Gasteiger charge is -2.31. The molecular weight excluding hydrogens is 785 g/mol. The highest BCUT2D eigenvalue weighted by Gasteiger charge is 2.40. The predicted octanol–water partition coefficient (Wildman–Crippen LogP) is 3.51. The number of benzene rings is 2. The summed E-state index contributed by atoms with van der Waals surface area (Å²) in [5.74, 6) is 4.87. The Hall–Kier alpha value is -4.81. The summed E-state index contributed by atoms with van der Waals surface area (Å²) in [6.45, 7) is 5.06. The zero-order valence-corrected chi connectivity index (χ0v) is 37.1. The van der Waals surface area contributed by atoms with Gasteiger partial charge in [-0.3, -0.25) is 28.8 Å². The number of likely N-dealkylation sites (tertiary alicyclic amines) is 2. The average molecular weight is 853 g/mol. The van der Waals surface area contributed by atoms with Crippen LogP contribution in [-0.2, 0) is 41.7 Å². The number of fused-ring (bicyclic) bond motifs is 2. The highest BCUT2D eigenvalue weighted by Crippen LogP contribution is 2.32. The first-order valence-corrected chi connectivity index (χ1v) is 23.0. The number of hydroxylamine groups is 1. The summed E-state index contributed by atoms with van der Waals surface area (Å²) in [6, 6.07) is 12.5. The highest BCUT2D eigenvalue weighted by molar-refractivity contribution is 5.94. The number of hydrogen-bond donors (Lipinski definition) is 6.